The van der Waals surface area contributed by atoms with E-state index < -0.39 is 11.9 Å². The molecule has 3 N–H and O–H groups in total. The van der Waals surface area contributed by atoms with Gasteiger partial charge in [-0.05, 0) is 18.1 Å². The van der Waals surface area contributed by atoms with Crippen LogP contribution in [0.1, 0.15) is 5.56 Å². The summed E-state index contributed by atoms with van der Waals surface area (Å²) in [5, 5.41) is 10.8. The normalized spacial score (nSPS) is 10.4. The number of H-pyrrole nitrogens is 1. The molecule has 0 saturated carbocycles. The molecule has 0 atom stereocenters. The number of nitrogens with one attached hydrogen (secondary N) is 2. The van der Waals surface area contributed by atoms with Crippen LogP contribution in [0, 0.1) is 0 Å². The fourth-order valence-corrected chi connectivity index (χ4v) is 1.05. The minimum Gasteiger partial charge on any atom is -0.478 e. The van der Waals surface area contributed by atoms with Crippen molar-refractivity contribution in [1.29, 1.82) is 0 Å². The molecule has 1 aromatic heterocycles. The van der Waals surface area contributed by atoms with E-state index in [4.69, 9.17) is 5.11 Å². The molecule has 0 spiro atoms. The summed E-state index contributed by atoms with van der Waals surface area (Å²) >= 11 is 0. The van der Waals surface area contributed by atoms with E-state index in [1.54, 1.807) is 0 Å². The van der Waals surface area contributed by atoms with Crippen molar-refractivity contribution in [3.63, 3.8) is 0 Å². The molecule has 0 fully saturated rings. The van der Waals surface area contributed by atoms with Crippen LogP contribution in [-0.2, 0) is 16.0 Å². The van der Waals surface area contributed by atoms with Crippen molar-refractivity contribution in [1.82, 2.24) is 10.3 Å². The number of aromatic nitrogens is 1. The monoisotopic (exact) mass is 208 g/mol. The maximum Gasteiger partial charge on any atom is 0.328 e. The van der Waals surface area contributed by atoms with Gasteiger partial charge in [0.1, 0.15) is 0 Å². The molecule has 1 rings (SSSR count). The Morgan fingerprint density at radius 2 is 2.27 bits per heavy atom. The number of carboxylic acids is 1. The Bertz CT molecular complexity index is 355. The minimum atomic E-state index is -1.13. The second kappa shape index (κ2) is 5.64. The number of hydrogen-bond acceptors (Lipinski definition) is 2. The highest BCUT2D eigenvalue weighted by atomic mass is 16.4. The summed E-state index contributed by atoms with van der Waals surface area (Å²) in [5.74, 6) is -1.52. The molecule has 5 nitrogen and oxygen atoms in total. The maximum absolute atomic E-state index is 11.0. The quantitative estimate of drug-likeness (QED) is 0.609. The number of carbonyl (C=O) groups excluding carboxylic acids is 1. The summed E-state index contributed by atoms with van der Waals surface area (Å²) in [7, 11) is 0. The Hall–Kier alpha value is -2.04. The Balaban J connectivity index is 2.20. The van der Waals surface area contributed by atoms with Gasteiger partial charge in [0.05, 0.1) is 0 Å². The van der Waals surface area contributed by atoms with Crippen LogP contribution in [0.25, 0.3) is 0 Å². The molecule has 0 radical (unpaired) electrons. The van der Waals surface area contributed by atoms with Gasteiger partial charge in [-0.25, -0.2) is 4.79 Å². The number of carbonyl (C=O) groups is 2. The third kappa shape index (κ3) is 4.66. The van der Waals surface area contributed by atoms with Crippen molar-refractivity contribution in [3.05, 3.63) is 36.2 Å². The van der Waals surface area contributed by atoms with Crippen molar-refractivity contribution < 1.29 is 14.7 Å². The lowest BCUT2D eigenvalue weighted by Gasteiger charge is -1.99. The first-order valence-electron chi connectivity index (χ1n) is 4.49. The van der Waals surface area contributed by atoms with Gasteiger partial charge >= 0.3 is 5.97 Å². The van der Waals surface area contributed by atoms with E-state index in [0.29, 0.717) is 6.54 Å². The van der Waals surface area contributed by atoms with Gasteiger partial charge in [-0.2, -0.15) is 0 Å². The van der Waals surface area contributed by atoms with Crippen molar-refractivity contribution in [2.45, 2.75) is 6.42 Å². The van der Waals surface area contributed by atoms with E-state index in [-0.39, 0.29) is 0 Å². The molecule has 1 heterocycles. The van der Waals surface area contributed by atoms with Gasteiger partial charge < -0.3 is 15.4 Å². The van der Waals surface area contributed by atoms with Crippen LogP contribution < -0.4 is 5.32 Å². The van der Waals surface area contributed by atoms with E-state index in [0.717, 1.165) is 24.1 Å². The predicted octanol–water partition coefficient (Wildman–Crippen LogP) is 0.314. The molecule has 0 aliphatic carbocycles. The predicted molar refractivity (Wildman–Crippen MR) is 54.3 cm³/mol. The summed E-state index contributed by atoms with van der Waals surface area (Å²) < 4.78 is 0. The standard InChI is InChI=1S/C10H12N2O3/c13-9(1-2-10(14)15)12-6-4-8-3-5-11-7-8/h1-3,5,7,11H,4,6H2,(H,12,13)(H,14,15)/b2-1+. The lowest BCUT2D eigenvalue weighted by Crippen LogP contribution is -2.23. The van der Waals surface area contributed by atoms with E-state index in [2.05, 4.69) is 10.3 Å². The Kier molecular flexibility index (Phi) is 4.15. The fourth-order valence-electron chi connectivity index (χ4n) is 1.05. The SMILES string of the molecule is O=C(O)/C=C/C(=O)NCCc1cc[nH]c1. The van der Waals surface area contributed by atoms with Gasteiger partial charge in [0.2, 0.25) is 5.91 Å². The lowest BCUT2D eigenvalue weighted by atomic mass is 10.2. The molecule has 5 heteroatoms. The maximum atomic E-state index is 11.0. The smallest absolute Gasteiger partial charge is 0.328 e. The number of amides is 1. The Morgan fingerprint density at radius 3 is 2.87 bits per heavy atom. The Labute approximate surface area is 86.8 Å². The van der Waals surface area contributed by atoms with E-state index in [1.807, 2.05) is 18.5 Å². The van der Waals surface area contributed by atoms with Gasteiger partial charge in [-0.15, -0.1) is 0 Å². The summed E-state index contributed by atoms with van der Waals surface area (Å²) in [6.07, 6.45) is 6.18. The molecule has 1 amide bonds. The second-order valence-electron chi connectivity index (χ2n) is 2.93. The minimum absolute atomic E-state index is 0.395. The number of hydrogen-bond donors (Lipinski definition) is 3. The molecule has 1 aromatic rings. The third-order valence-electron chi connectivity index (χ3n) is 1.75. The summed E-state index contributed by atoms with van der Waals surface area (Å²) in [4.78, 5) is 24.0. The van der Waals surface area contributed by atoms with Crippen LogP contribution in [0.3, 0.4) is 0 Å². The zero-order valence-electron chi connectivity index (χ0n) is 8.06. The zero-order valence-corrected chi connectivity index (χ0v) is 8.06. The molecule has 80 valence electrons. The highest BCUT2D eigenvalue weighted by molar-refractivity contribution is 5.93. The van der Waals surface area contributed by atoms with Crippen LogP contribution >= 0.6 is 0 Å². The second-order valence-corrected chi connectivity index (χ2v) is 2.93. The highest BCUT2D eigenvalue weighted by Gasteiger charge is 1.97. The zero-order chi connectivity index (χ0) is 11.1. The lowest BCUT2D eigenvalue weighted by molar-refractivity contribution is -0.131. The highest BCUT2D eigenvalue weighted by Crippen LogP contribution is 1.95. The Morgan fingerprint density at radius 1 is 1.47 bits per heavy atom. The number of carboxylic acid groups (broad SMARTS) is 1. The first-order valence-corrected chi connectivity index (χ1v) is 4.49. The average Bonchev–Trinajstić information content (AvgIpc) is 2.67. The molecule has 0 aliphatic rings. The molecular weight excluding hydrogens is 196 g/mol. The van der Waals surface area contributed by atoms with Crippen molar-refractivity contribution >= 4 is 11.9 Å². The van der Waals surface area contributed by atoms with Crippen LogP contribution in [0.4, 0.5) is 0 Å². The number of aliphatic carboxylic acids is 1. The average molecular weight is 208 g/mol. The molecule has 0 aliphatic heterocycles. The van der Waals surface area contributed by atoms with Gasteiger partial charge in [-0.1, -0.05) is 0 Å². The van der Waals surface area contributed by atoms with E-state index in [1.165, 1.54) is 0 Å². The van der Waals surface area contributed by atoms with Gasteiger partial charge in [0.25, 0.3) is 0 Å². The number of rotatable bonds is 5. The molecule has 15 heavy (non-hydrogen) atoms. The summed E-state index contributed by atoms with van der Waals surface area (Å²) in [5.41, 5.74) is 1.09. The molecule has 0 bridgehead atoms. The van der Waals surface area contributed by atoms with Crippen LogP contribution in [0.2, 0.25) is 0 Å². The van der Waals surface area contributed by atoms with Crippen molar-refractivity contribution in [2.24, 2.45) is 0 Å². The van der Waals surface area contributed by atoms with E-state index in [9.17, 15) is 9.59 Å². The largest absolute Gasteiger partial charge is 0.478 e. The molecule has 0 unspecified atom stereocenters. The van der Waals surface area contributed by atoms with Gasteiger partial charge in [0, 0.05) is 31.1 Å². The van der Waals surface area contributed by atoms with Gasteiger partial charge in [-0.3, -0.25) is 4.79 Å². The van der Waals surface area contributed by atoms with Crippen molar-refractivity contribution in [3.8, 4) is 0 Å². The van der Waals surface area contributed by atoms with Gasteiger partial charge in [0.15, 0.2) is 0 Å². The molecule has 0 saturated heterocycles. The summed E-state index contributed by atoms with van der Waals surface area (Å²) in [6, 6.07) is 1.92. The van der Waals surface area contributed by atoms with Crippen LogP contribution in [0.5, 0.6) is 0 Å². The first-order chi connectivity index (χ1) is 7.18. The number of aromatic amines is 1. The van der Waals surface area contributed by atoms with Crippen molar-refractivity contribution in [2.75, 3.05) is 6.54 Å². The van der Waals surface area contributed by atoms with E-state index >= 15 is 0 Å². The first kappa shape index (κ1) is 11.0. The van der Waals surface area contributed by atoms with Crippen LogP contribution in [0.15, 0.2) is 30.6 Å². The molecule has 0 aromatic carbocycles. The molecular formula is C10H12N2O3. The topological polar surface area (TPSA) is 82.2 Å². The summed E-state index contributed by atoms with van der Waals surface area (Å²) in [6.45, 7) is 0.487. The third-order valence-corrected chi connectivity index (χ3v) is 1.75. The van der Waals surface area contributed by atoms with Crippen LogP contribution in [-0.4, -0.2) is 28.5 Å². The fraction of sp³-hybridized carbons (Fsp3) is 0.200.